The summed E-state index contributed by atoms with van der Waals surface area (Å²) < 4.78 is 38.6. The summed E-state index contributed by atoms with van der Waals surface area (Å²) in [6.45, 7) is 4.47. The zero-order chi connectivity index (χ0) is 22.9. The fraction of sp³-hybridized carbons (Fsp3) is 0.593. The van der Waals surface area contributed by atoms with Gasteiger partial charge in [0.25, 0.3) is 0 Å². The van der Waals surface area contributed by atoms with E-state index in [1.165, 1.54) is 17.7 Å². The van der Waals surface area contributed by atoms with Gasteiger partial charge in [-0.25, -0.2) is 0 Å². The van der Waals surface area contributed by atoms with Crippen molar-refractivity contribution >= 4 is 11.9 Å². The second kappa shape index (κ2) is 7.31. The van der Waals surface area contributed by atoms with Crippen LogP contribution in [0.1, 0.15) is 69.9 Å². The van der Waals surface area contributed by atoms with E-state index in [-0.39, 0.29) is 28.6 Å². The molecule has 172 valence electrons. The highest BCUT2D eigenvalue weighted by Crippen LogP contribution is 2.64. The van der Waals surface area contributed by atoms with Gasteiger partial charge in [0.15, 0.2) is 5.78 Å². The number of benzene rings is 1. The van der Waals surface area contributed by atoms with E-state index in [2.05, 4.69) is 19.9 Å². The van der Waals surface area contributed by atoms with Crippen LogP contribution in [0.4, 0.5) is 13.2 Å². The van der Waals surface area contributed by atoms with Crippen LogP contribution in [0.2, 0.25) is 0 Å². The number of carbonyl (C=O) groups is 1. The Labute approximate surface area is 187 Å². The zero-order valence-corrected chi connectivity index (χ0v) is 18.7. The lowest BCUT2D eigenvalue weighted by Crippen LogP contribution is -2.50. The Hall–Kier alpha value is -1.88. The van der Waals surface area contributed by atoms with Gasteiger partial charge >= 0.3 is 6.18 Å². The number of aliphatic hydroxyl groups is 1. The number of hydrogen-bond donors (Lipinski definition) is 1. The van der Waals surface area contributed by atoms with Crippen molar-refractivity contribution in [2.24, 2.45) is 28.6 Å². The molecule has 0 heterocycles. The molecule has 0 unspecified atom stereocenters. The smallest absolute Gasteiger partial charge is 0.393 e. The first kappa shape index (κ1) is 21.9. The number of ketones is 1. The molecule has 2 nitrogen and oxygen atoms in total. The summed E-state index contributed by atoms with van der Waals surface area (Å²) in [4.78, 5) is 13.5. The van der Waals surface area contributed by atoms with Gasteiger partial charge in [-0.2, -0.15) is 13.2 Å². The summed E-state index contributed by atoms with van der Waals surface area (Å²) in [5, 5.41) is 10.2. The molecule has 3 saturated carbocycles. The van der Waals surface area contributed by atoms with Crippen molar-refractivity contribution in [3.63, 3.8) is 0 Å². The first-order valence-electron chi connectivity index (χ1n) is 11.8. The molecule has 0 aliphatic heterocycles. The number of alkyl halides is 3. The molecule has 5 heteroatoms. The first-order chi connectivity index (χ1) is 15.0. The van der Waals surface area contributed by atoms with E-state index in [9.17, 15) is 23.1 Å². The molecule has 1 aromatic rings. The van der Waals surface area contributed by atoms with Crippen LogP contribution in [0, 0.1) is 28.6 Å². The fourth-order valence-corrected chi connectivity index (χ4v) is 7.41. The standard InChI is InChI=1S/C27H31F3O2/c1-25-11-9-20(31)15-19(25)7-8-21-22(25)10-12-26(2)23(21)14-17(24(26)32)13-16-3-5-18(6-4-16)27(28,29)30/h3-7,13,20-23,31H,8-12,14-15H2,1-2H3/b17-13+/t20-,21+,22-,23-,25+,26-/m1/s1. The van der Waals surface area contributed by atoms with Gasteiger partial charge in [-0.1, -0.05) is 37.6 Å². The normalized spacial score (nSPS) is 40.5. The van der Waals surface area contributed by atoms with Crippen molar-refractivity contribution in [2.45, 2.75) is 71.1 Å². The van der Waals surface area contributed by atoms with Gasteiger partial charge in [0.2, 0.25) is 0 Å². The number of Topliss-reactive ketones (excluding diaryl/α,β-unsaturated/α-hetero) is 1. The van der Waals surface area contributed by atoms with Crippen LogP contribution in [0.5, 0.6) is 0 Å². The van der Waals surface area contributed by atoms with Crippen LogP contribution in [-0.2, 0) is 11.0 Å². The molecule has 0 spiro atoms. The summed E-state index contributed by atoms with van der Waals surface area (Å²) >= 11 is 0. The Morgan fingerprint density at radius 1 is 1.00 bits per heavy atom. The summed E-state index contributed by atoms with van der Waals surface area (Å²) in [5.41, 5.74) is 1.89. The van der Waals surface area contributed by atoms with E-state index >= 15 is 0 Å². The van der Waals surface area contributed by atoms with E-state index in [1.54, 1.807) is 0 Å². The number of allylic oxidation sites excluding steroid dienone is 2. The SMILES string of the molecule is C[C@@]12CC[C@@H]3[C@H](CC=C4C[C@H](O)CC[C@@]43C)[C@H]1C/C(=C\c1ccc(C(F)(F)F)cc1)C2=O. The van der Waals surface area contributed by atoms with E-state index in [0.29, 0.717) is 23.8 Å². The predicted molar refractivity (Wildman–Crippen MR) is 118 cm³/mol. The first-order valence-corrected chi connectivity index (χ1v) is 11.8. The number of halogens is 3. The van der Waals surface area contributed by atoms with Crippen molar-refractivity contribution in [1.82, 2.24) is 0 Å². The molecular weight excluding hydrogens is 413 g/mol. The molecular formula is C27H31F3O2. The molecule has 5 rings (SSSR count). The molecule has 0 radical (unpaired) electrons. The van der Waals surface area contributed by atoms with Crippen LogP contribution in [0.25, 0.3) is 6.08 Å². The van der Waals surface area contributed by atoms with Crippen molar-refractivity contribution in [1.29, 1.82) is 0 Å². The van der Waals surface area contributed by atoms with Crippen LogP contribution >= 0.6 is 0 Å². The number of rotatable bonds is 1. The van der Waals surface area contributed by atoms with Gasteiger partial charge in [-0.3, -0.25) is 4.79 Å². The average molecular weight is 445 g/mol. The molecule has 6 atom stereocenters. The topological polar surface area (TPSA) is 37.3 Å². The quantitative estimate of drug-likeness (QED) is 0.392. The maximum Gasteiger partial charge on any atom is 0.416 e. The third kappa shape index (κ3) is 3.30. The van der Waals surface area contributed by atoms with Crippen LogP contribution in [0.15, 0.2) is 41.5 Å². The van der Waals surface area contributed by atoms with Crippen molar-refractivity contribution in [3.8, 4) is 0 Å². The average Bonchev–Trinajstić information content (AvgIpc) is 2.99. The fourth-order valence-electron chi connectivity index (χ4n) is 7.41. The highest BCUT2D eigenvalue weighted by Gasteiger charge is 2.59. The van der Waals surface area contributed by atoms with Crippen LogP contribution in [-0.4, -0.2) is 17.0 Å². The van der Waals surface area contributed by atoms with Gasteiger partial charge < -0.3 is 5.11 Å². The minimum atomic E-state index is -4.36. The lowest BCUT2D eigenvalue weighted by Gasteiger charge is -2.56. The largest absolute Gasteiger partial charge is 0.416 e. The molecule has 0 bridgehead atoms. The Bertz CT molecular complexity index is 989. The highest BCUT2D eigenvalue weighted by atomic mass is 19.4. The number of carbonyl (C=O) groups excluding carboxylic acids is 1. The molecule has 3 fully saturated rings. The van der Waals surface area contributed by atoms with E-state index in [0.717, 1.165) is 56.2 Å². The van der Waals surface area contributed by atoms with E-state index in [1.807, 2.05) is 6.08 Å². The Morgan fingerprint density at radius 3 is 2.38 bits per heavy atom. The molecule has 4 aliphatic rings. The molecule has 1 aromatic carbocycles. The number of hydrogen-bond acceptors (Lipinski definition) is 2. The number of fused-ring (bicyclic) bond motifs is 5. The molecule has 1 N–H and O–H groups in total. The summed E-state index contributed by atoms with van der Waals surface area (Å²) in [5.74, 6) is 1.43. The molecule has 0 saturated heterocycles. The Kier molecular flexibility index (Phi) is 5.01. The lowest BCUT2D eigenvalue weighted by atomic mass is 9.48. The van der Waals surface area contributed by atoms with E-state index in [4.69, 9.17) is 0 Å². The monoisotopic (exact) mass is 444 g/mol. The third-order valence-electron chi connectivity index (χ3n) is 9.30. The molecule has 32 heavy (non-hydrogen) atoms. The van der Waals surface area contributed by atoms with Crippen LogP contribution < -0.4 is 0 Å². The Balaban J connectivity index is 1.43. The van der Waals surface area contributed by atoms with Crippen molar-refractivity contribution in [2.75, 3.05) is 0 Å². The minimum Gasteiger partial charge on any atom is -0.393 e. The number of aliphatic hydroxyl groups excluding tert-OH is 1. The highest BCUT2D eigenvalue weighted by molar-refractivity contribution is 6.05. The van der Waals surface area contributed by atoms with Gasteiger partial charge in [0, 0.05) is 5.41 Å². The van der Waals surface area contributed by atoms with Crippen molar-refractivity contribution in [3.05, 3.63) is 52.6 Å². The van der Waals surface area contributed by atoms with Crippen LogP contribution in [0.3, 0.4) is 0 Å². The second-order valence-electron chi connectivity index (χ2n) is 10.9. The summed E-state index contributed by atoms with van der Waals surface area (Å²) in [6, 6.07) is 5.09. The van der Waals surface area contributed by atoms with Gasteiger partial charge in [-0.15, -0.1) is 0 Å². The maximum atomic E-state index is 13.5. The van der Waals surface area contributed by atoms with Gasteiger partial charge in [0.1, 0.15) is 0 Å². The lowest BCUT2D eigenvalue weighted by molar-refractivity contribution is -0.137. The van der Waals surface area contributed by atoms with Gasteiger partial charge in [-0.05, 0) is 97.5 Å². The molecule has 4 aliphatic carbocycles. The summed E-state index contributed by atoms with van der Waals surface area (Å²) in [6.07, 6.45) is 5.76. The molecule has 0 amide bonds. The molecule has 0 aromatic heterocycles. The van der Waals surface area contributed by atoms with Crippen molar-refractivity contribution < 1.29 is 23.1 Å². The second-order valence-corrected chi connectivity index (χ2v) is 10.9. The Morgan fingerprint density at radius 2 is 1.69 bits per heavy atom. The van der Waals surface area contributed by atoms with E-state index < -0.39 is 11.7 Å². The predicted octanol–water partition coefficient (Wildman–Crippen LogP) is 6.59. The third-order valence-corrected chi connectivity index (χ3v) is 9.30. The van der Waals surface area contributed by atoms with Gasteiger partial charge in [0.05, 0.1) is 11.7 Å². The zero-order valence-electron chi connectivity index (χ0n) is 18.7. The minimum absolute atomic E-state index is 0.117. The maximum absolute atomic E-state index is 13.5. The summed E-state index contributed by atoms with van der Waals surface area (Å²) in [7, 11) is 0.